The minimum atomic E-state index is -0.384. The highest BCUT2D eigenvalue weighted by molar-refractivity contribution is 5.92. The molecular formula is C23H30N6O2. The van der Waals surface area contributed by atoms with Gasteiger partial charge in [-0.3, -0.25) is 9.59 Å². The first kappa shape index (κ1) is 21.2. The van der Waals surface area contributed by atoms with Crippen LogP contribution in [0.4, 0.5) is 0 Å². The molecule has 0 radical (unpaired) electrons. The molecule has 3 heterocycles. The summed E-state index contributed by atoms with van der Waals surface area (Å²) in [5, 5.41) is 6.39. The highest BCUT2D eigenvalue weighted by atomic mass is 16.2. The molecule has 2 N–H and O–H groups in total. The third-order valence-electron chi connectivity index (χ3n) is 6.07. The van der Waals surface area contributed by atoms with Crippen LogP contribution >= 0.6 is 0 Å². The fourth-order valence-electron chi connectivity index (χ4n) is 4.12. The first-order chi connectivity index (χ1) is 15.0. The average molecular weight is 423 g/mol. The number of aromatic nitrogens is 4. The van der Waals surface area contributed by atoms with Crippen LogP contribution < -0.4 is 16.2 Å². The molecule has 8 heteroatoms. The molecule has 1 amide bonds. The lowest BCUT2D eigenvalue weighted by Crippen LogP contribution is -2.28. The summed E-state index contributed by atoms with van der Waals surface area (Å²) >= 11 is 0. The fourth-order valence-corrected chi connectivity index (χ4v) is 4.12. The van der Waals surface area contributed by atoms with Gasteiger partial charge >= 0.3 is 0 Å². The van der Waals surface area contributed by atoms with Gasteiger partial charge in [0.05, 0.1) is 12.2 Å². The maximum atomic E-state index is 12.4. The van der Waals surface area contributed by atoms with Gasteiger partial charge in [-0.2, -0.15) is 0 Å². The van der Waals surface area contributed by atoms with Crippen molar-refractivity contribution in [3.63, 3.8) is 0 Å². The van der Waals surface area contributed by atoms with Crippen LogP contribution in [0.15, 0.2) is 35.4 Å². The Balaban J connectivity index is 1.34. The summed E-state index contributed by atoms with van der Waals surface area (Å²) in [5.74, 6) is 0.921. The van der Waals surface area contributed by atoms with Crippen molar-refractivity contribution in [1.29, 1.82) is 0 Å². The normalized spacial score (nSPS) is 14.8. The van der Waals surface area contributed by atoms with E-state index in [1.165, 1.54) is 48.3 Å². The topological polar surface area (TPSA) is 93.3 Å². The van der Waals surface area contributed by atoms with Gasteiger partial charge in [0.15, 0.2) is 0 Å². The molecule has 4 rings (SSSR count). The molecule has 0 spiro atoms. The van der Waals surface area contributed by atoms with Gasteiger partial charge in [-0.1, -0.05) is 25.3 Å². The summed E-state index contributed by atoms with van der Waals surface area (Å²) in [5.41, 5.74) is 2.66. The molecule has 8 nitrogen and oxygen atoms in total. The van der Waals surface area contributed by atoms with E-state index in [0.29, 0.717) is 5.82 Å². The van der Waals surface area contributed by atoms with Crippen molar-refractivity contribution in [3.05, 3.63) is 63.7 Å². The number of imidazole rings is 1. The number of hydrogen-bond donors (Lipinski definition) is 2. The Labute approximate surface area is 181 Å². The van der Waals surface area contributed by atoms with E-state index in [1.54, 1.807) is 14.0 Å². The zero-order chi connectivity index (χ0) is 21.8. The van der Waals surface area contributed by atoms with Crippen LogP contribution in [0.3, 0.4) is 0 Å². The molecule has 1 fully saturated rings. The smallest absolute Gasteiger partial charge is 0.270 e. The Morgan fingerprint density at radius 3 is 2.71 bits per heavy atom. The Kier molecular flexibility index (Phi) is 6.46. The second-order valence-electron chi connectivity index (χ2n) is 8.44. The third-order valence-corrected chi connectivity index (χ3v) is 6.07. The van der Waals surface area contributed by atoms with E-state index >= 15 is 0 Å². The summed E-state index contributed by atoms with van der Waals surface area (Å²) < 4.78 is 3.39. The number of rotatable bonds is 7. The number of aryl methyl sites for hydroxylation is 1. The maximum Gasteiger partial charge on any atom is 0.270 e. The van der Waals surface area contributed by atoms with E-state index in [4.69, 9.17) is 0 Å². The van der Waals surface area contributed by atoms with Crippen molar-refractivity contribution < 1.29 is 4.79 Å². The molecule has 164 valence electrons. The molecule has 0 saturated heterocycles. The molecule has 3 aromatic heterocycles. The van der Waals surface area contributed by atoms with E-state index in [-0.39, 0.29) is 23.7 Å². The number of nitrogens with zero attached hydrogens (tertiary/aromatic N) is 4. The highest BCUT2D eigenvalue weighted by Crippen LogP contribution is 2.22. The van der Waals surface area contributed by atoms with E-state index in [9.17, 15) is 9.59 Å². The Hall–Kier alpha value is -3.00. The number of pyridine rings is 1. The van der Waals surface area contributed by atoms with Gasteiger partial charge in [-0.05, 0) is 43.9 Å². The largest absolute Gasteiger partial charge is 0.345 e. The molecule has 0 aromatic carbocycles. The summed E-state index contributed by atoms with van der Waals surface area (Å²) in [7, 11) is 1.63. The maximum absolute atomic E-state index is 12.4. The summed E-state index contributed by atoms with van der Waals surface area (Å²) in [4.78, 5) is 33.0. The molecule has 0 unspecified atom stereocenters. The van der Waals surface area contributed by atoms with Crippen LogP contribution in [-0.4, -0.2) is 31.4 Å². The Morgan fingerprint density at radius 1 is 1.13 bits per heavy atom. The Morgan fingerprint density at radius 2 is 1.94 bits per heavy atom. The Bertz CT molecular complexity index is 1130. The number of carbonyl (C=O) groups is 1. The summed E-state index contributed by atoms with van der Waals surface area (Å²) in [6, 6.07) is 5.33. The van der Waals surface area contributed by atoms with Crippen LogP contribution in [0.2, 0.25) is 0 Å². The predicted molar refractivity (Wildman–Crippen MR) is 119 cm³/mol. The first-order valence-corrected chi connectivity index (χ1v) is 11.0. The van der Waals surface area contributed by atoms with Crippen molar-refractivity contribution in [3.8, 4) is 0 Å². The monoisotopic (exact) mass is 422 g/mol. The van der Waals surface area contributed by atoms with Gasteiger partial charge in [-0.25, -0.2) is 9.97 Å². The van der Waals surface area contributed by atoms with Crippen LogP contribution in [0, 0.1) is 12.8 Å². The molecule has 1 saturated carbocycles. The number of fused-ring (bicyclic) bond motifs is 1. The molecule has 3 aromatic rings. The number of nitrogens with one attached hydrogen (secondary N) is 2. The SMILES string of the molecule is Cc1nc(C(=O)NCc2cn3cc(CNCC4CCCCC4)ccc3n2)cc(=O)n1C. The molecule has 31 heavy (non-hydrogen) atoms. The van der Waals surface area contributed by atoms with Crippen LogP contribution in [0.25, 0.3) is 5.65 Å². The minimum absolute atomic E-state index is 0.121. The van der Waals surface area contributed by atoms with E-state index < -0.39 is 0 Å². The molecule has 1 aliphatic carbocycles. The second kappa shape index (κ2) is 9.43. The number of carbonyl (C=O) groups excluding carboxylic acids is 1. The summed E-state index contributed by atoms with van der Waals surface area (Å²) in [6.07, 6.45) is 10.8. The first-order valence-electron chi connectivity index (χ1n) is 11.0. The fraction of sp³-hybridized carbons (Fsp3) is 0.478. The predicted octanol–water partition coefficient (Wildman–Crippen LogP) is 2.34. The van der Waals surface area contributed by atoms with Crippen molar-refractivity contribution >= 4 is 11.6 Å². The van der Waals surface area contributed by atoms with Crippen molar-refractivity contribution in [2.75, 3.05) is 6.54 Å². The van der Waals surface area contributed by atoms with E-state index in [1.807, 2.05) is 16.7 Å². The minimum Gasteiger partial charge on any atom is -0.345 e. The van der Waals surface area contributed by atoms with Crippen LogP contribution in [0.1, 0.15) is 59.7 Å². The van der Waals surface area contributed by atoms with Gasteiger partial charge in [0.25, 0.3) is 11.5 Å². The van der Waals surface area contributed by atoms with Crippen molar-refractivity contribution in [1.82, 2.24) is 29.6 Å². The standard InChI is InChI=1S/C23H30N6O2/c1-16-26-20(10-22(30)28(16)2)23(31)25-13-19-15-29-14-18(8-9-21(29)27-19)12-24-11-17-6-4-3-5-7-17/h8-10,14-15,17,24H,3-7,11-13H2,1-2H3,(H,25,31). The lowest BCUT2D eigenvalue weighted by atomic mass is 9.89. The number of hydrogen-bond acceptors (Lipinski definition) is 5. The third kappa shape index (κ3) is 5.19. The second-order valence-corrected chi connectivity index (χ2v) is 8.44. The summed E-state index contributed by atoms with van der Waals surface area (Å²) in [6.45, 7) is 3.88. The van der Waals surface area contributed by atoms with Gasteiger partial charge in [0.2, 0.25) is 0 Å². The lowest BCUT2D eigenvalue weighted by Gasteiger charge is -2.21. The van der Waals surface area contributed by atoms with E-state index in [2.05, 4.69) is 32.9 Å². The molecule has 0 atom stereocenters. The highest BCUT2D eigenvalue weighted by Gasteiger charge is 2.13. The van der Waals surface area contributed by atoms with Crippen LogP contribution in [-0.2, 0) is 20.1 Å². The van der Waals surface area contributed by atoms with Crippen molar-refractivity contribution in [2.45, 2.75) is 52.1 Å². The lowest BCUT2D eigenvalue weighted by molar-refractivity contribution is 0.0944. The van der Waals surface area contributed by atoms with Gasteiger partial charge in [0, 0.05) is 32.1 Å². The van der Waals surface area contributed by atoms with Crippen molar-refractivity contribution in [2.24, 2.45) is 13.0 Å². The zero-order valence-corrected chi connectivity index (χ0v) is 18.2. The molecule has 1 aliphatic rings. The van der Waals surface area contributed by atoms with Gasteiger partial charge < -0.3 is 19.6 Å². The van der Waals surface area contributed by atoms with Gasteiger partial charge in [-0.15, -0.1) is 0 Å². The average Bonchev–Trinajstić information content (AvgIpc) is 3.18. The molecular weight excluding hydrogens is 392 g/mol. The molecule has 0 aliphatic heterocycles. The quantitative estimate of drug-likeness (QED) is 0.610. The van der Waals surface area contributed by atoms with E-state index in [0.717, 1.165) is 30.3 Å². The number of amides is 1. The van der Waals surface area contributed by atoms with Crippen LogP contribution in [0.5, 0.6) is 0 Å². The molecule has 0 bridgehead atoms. The zero-order valence-electron chi connectivity index (χ0n) is 18.2. The van der Waals surface area contributed by atoms with Gasteiger partial charge in [0.1, 0.15) is 17.2 Å².